The monoisotopic (exact) mass is 529 g/mol. The normalized spacial score (nSPS) is 11.0. The number of anilines is 1. The highest BCUT2D eigenvalue weighted by Crippen LogP contribution is 2.27. The Labute approximate surface area is 223 Å². The molecule has 0 unspecified atom stereocenters. The quantitative estimate of drug-likeness (QED) is 0.241. The fourth-order valence-electron chi connectivity index (χ4n) is 4.49. The van der Waals surface area contributed by atoms with Crippen LogP contribution in [-0.2, 0) is 22.6 Å². The molecule has 0 atom stereocenters. The van der Waals surface area contributed by atoms with Crippen molar-refractivity contribution < 1.29 is 27.8 Å². The summed E-state index contributed by atoms with van der Waals surface area (Å²) in [4.78, 5) is 28.1. The van der Waals surface area contributed by atoms with Gasteiger partial charge < -0.3 is 23.5 Å². The van der Waals surface area contributed by atoms with E-state index in [1.54, 1.807) is 58.8 Å². The number of esters is 1. The second-order valence-corrected chi connectivity index (χ2v) is 8.84. The van der Waals surface area contributed by atoms with Gasteiger partial charge in [0.05, 0.1) is 31.8 Å². The third-order valence-corrected chi connectivity index (χ3v) is 6.49. The minimum Gasteiger partial charge on any atom is -0.497 e. The first-order valence-corrected chi connectivity index (χ1v) is 12.1. The van der Waals surface area contributed by atoms with Crippen LogP contribution in [0.5, 0.6) is 5.75 Å². The van der Waals surface area contributed by atoms with Crippen LogP contribution < -0.4 is 9.64 Å². The fraction of sp³-hybridized carbons (Fsp3) is 0.133. The van der Waals surface area contributed by atoms with Crippen LogP contribution in [0.2, 0.25) is 0 Å². The van der Waals surface area contributed by atoms with E-state index in [2.05, 4.69) is 0 Å². The van der Waals surface area contributed by atoms with Gasteiger partial charge in [-0.25, -0.2) is 13.6 Å². The molecule has 0 N–H and O–H groups in total. The van der Waals surface area contributed by atoms with E-state index in [4.69, 9.17) is 9.47 Å². The zero-order valence-corrected chi connectivity index (χ0v) is 21.3. The molecule has 5 aromatic rings. The molecule has 2 heterocycles. The van der Waals surface area contributed by atoms with Crippen molar-refractivity contribution in [3.63, 3.8) is 0 Å². The average molecular weight is 530 g/mol. The zero-order valence-electron chi connectivity index (χ0n) is 21.3. The number of hydrogen-bond donors (Lipinski definition) is 0. The summed E-state index contributed by atoms with van der Waals surface area (Å²) in [6.07, 6.45) is 1.79. The Kier molecular flexibility index (Phi) is 7.14. The molecule has 0 aliphatic carbocycles. The molecule has 2 aromatic heterocycles. The number of carbonyl (C=O) groups excluding carboxylic acids is 2. The summed E-state index contributed by atoms with van der Waals surface area (Å²) in [6, 6.07) is 22.3. The second kappa shape index (κ2) is 10.8. The molecule has 0 saturated carbocycles. The number of hydrogen-bond acceptors (Lipinski definition) is 4. The predicted octanol–water partition coefficient (Wildman–Crippen LogP) is 5.74. The zero-order chi connectivity index (χ0) is 27.5. The Bertz CT molecular complexity index is 1620. The minimum atomic E-state index is -0.604. The number of carbonyl (C=O) groups is 2. The lowest BCUT2D eigenvalue weighted by Crippen LogP contribution is -2.34. The van der Waals surface area contributed by atoms with Crippen LogP contribution in [0.15, 0.2) is 91.1 Å². The van der Waals surface area contributed by atoms with Gasteiger partial charge in [-0.15, -0.1) is 0 Å². The number of ether oxygens (including phenoxy) is 2. The van der Waals surface area contributed by atoms with Gasteiger partial charge in [-0.3, -0.25) is 4.79 Å². The van der Waals surface area contributed by atoms with Crippen LogP contribution in [0.1, 0.15) is 16.1 Å². The van der Waals surface area contributed by atoms with Gasteiger partial charge in [0.2, 0.25) is 5.91 Å². The molecule has 7 nitrogen and oxygen atoms in total. The van der Waals surface area contributed by atoms with Crippen molar-refractivity contribution in [3.05, 3.63) is 114 Å². The molecule has 0 spiro atoms. The highest BCUT2D eigenvalue weighted by atomic mass is 19.1. The molecule has 5 rings (SSSR count). The van der Waals surface area contributed by atoms with Crippen molar-refractivity contribution >= 4 is 28.6 Å². The van der Waals surface area contributed by atoms with E-state index in [1.807, 2.05) is 12.1 Å². The van der Waals surface area contributed by atoms with E-state index in [0.717, 1.165) is 5.56 Å². The molecule has 0 fully saturated rings. The van der Waals surface area contributed by atoms with Gasteiger partial charge in [0.15, 0.2) is 0 Å². The average Bonchev–Trinajstić information content (AvgIpc) is 3.53. The van der Waals surface area contributed by atoms with Crippen LogP contribution in [0.25, 0.3) is 16.7 Å². The Morgan fingerprint density at radius 3 is 2.08 bits per heavy atom. The van der Waals surface area contributed by atoms with Crippen LogP contribution in [0, 0.1) is 11.6 Å². The van der Waals surface area contributed by atoms with Gasteiger partial charge in [-0.2, -0.15) is 0 Å². The first-order chi connectivity index (χ1) is 18.9. The first kappa shape index (κ1) is 25.7. The summed E-state index contributed by atoms with van der Waals surface area (Å²) in [5.41, 5.74) is 3.50. The molecule has 3 aromatic carbocycles. The van der Waals surface area contributed by atoms with Gasteiger partial charge in [-0.05, 0) is 78.4 Å². The molecule has 0 bridgehead atoms. The maximum Gasteiger partial charge on any atom is 0.354 e. The van der Waals surface area contributed by atoms with Crippen molar-refractivity contribution in [2.75, 3.05) is 19.1 Å². The van der Waals surface area contributed by atoms with E-state index >= 15 is 0 Å². The number of nitrogens with zero attached hydrogens (tertiary/aromatic N) is 3. The van der Waals surface area contributed by atoms with Crippen molar-refractivity contribution in [2.45, 2.75) is 13.1 Å². The van der Waals surface area contributed by atoms with Gasteiger partial charge in [0.25, 0.3) is 0 Å². The maximum absolute atomic E-state index is 13.8. The van der Waals surface area contributed by atoms with Gasteiger partial charge in [0, 0.05) is 17.6 Å². The van der Waals surface area contributed by atoms with Gasteiger partial charge in [0.1, 0.15) is 29.6 Å². The van der Waals surface area contributed by atoms with Crippen molar-refractivity contribution in [1.29, 1.82) is 0 Å². The molecule has 198 valence electrons. The Hall–Kier alpha value is -4.92. The van der Waals surface area contributed by atoms with Crippen molar-refractivity contribution in [1.82, 2.24) is 9.13 Å². The summed E-state index contributed by atoms with van der Waals surface area (Å²) in [5, 5.41) is 0. The first-order valence-electron chi connectivity index (χ1n) is 12.1. The van der Waals surface area contributed by atoms with Crippen LogP contribution >= 0.6 is 0 Å². The molecule has 0 radical (unpaired) electrons. The van der Waals surface area contributed by atoms with E-state index in [-0.39, 0.29) is 30.5 Å². The fourth-order valence-corrected chi connectivity index (χ4v) is 4.49. The molecule has 39 heavy (non-hydrogen) atoms. The largest absolute Gasteiger partial charge is 0.497 e. The number of fused-ring (bicyclic) bond motifs is 1. The van der Waals surface area contributed by atoms with Crippen molar-refractivity contribution in [3.8, 4) is 11.4 Å². The van der Waals surface area contributed by atoms with E-state index in [9.17, 15) is 18.4 Å². The molecular formula is C30H25F2N3O4. The van der Waals surface area contributed by atoms with Gasteiger partial charge >= 0.3 is 5.97 Å². The van der Waals surface area contributed by atoms with Gasteiger partial charge in [-0.1, -0.05) is 12.1 Å². The highest BCUT2D eigenvalue weighted by molar-refractivity contribution is 5.98. The predicted molar refractivity (Wildman–Crippen MR) is 143 cm³/mol. The number of amides is 1. The van der Waals surface area contributed by atoms with Crippen LogP contribution in [0.4, 0.5) is 14.5 Å². The number of rotatable bonds is 8. The highest BCUT2D eigenvalue weighted by Gasteiger charge is 2.24. The third-order valence-electron chi connectivity index (χ3n) is 6.49. The standard InChI is InChI=1S/C30H25F2N3O4/c1-38-25-13-3-20(4-14-25)18-34(24-11-7-22(32)8-12-24)29(36)19-35-26-15-16-33(23-9-5-21(31)6-10-23)27(26)17-28(35)30(37)39-2/h3-17H,18-19H2,1-2H3. The molecular weight excluding hydrogens is 504 g/mol. The Morgan fingerprint density at radius 1 is 0.821 bits per heavy atom. The lowest BCUT2D eigenvalue weighted by molar-refractivity contribution is -0.119. The maximum atomic E-state index is 13.8. The summed E-state index contributed by atoms with van der Waals surface area (Å²) in [6.45, 7) is 0.0257. The second-order valence-electron chi connectivity index (χ2n) is 8.84. The summed E-state index contributed by atoms with van der Waals surface area (Å²) < 4.78 is 40.8. The van der Waals surface area contributed by atoms with E-state index in [0.29, 0.717) is 28.2 Å². The Balaban J connectivity index is 1.53. The summed E-state index contributed by atoms with van der Waals surface area (Å²) in [5.74, 6) is -1.03. The lowest BCUT2D eigenvalue weighted by Gasteiger charge is -2.24. The molecule has 9 heteroatoms. The van der Waals surface area contributed by atoms with Crippen molar-refractivity contribution in [2.24, 2.45) is 0 Å². The van der Waals surface area contributed by atoms with Crippen LogP contribution in [-0.4, -0.2) is 35.2 Å². The SMILES string of the molecule is COC(=O)c1cc2c(ccn2-c2ccc(F)cc2)n1CC(=O)N(Cc1ccc(OC)cc1)c1ccc(F)cc1. The number of halogens is 2. The lowest BCUT2D eigenvalue weighted by atomic mass is 10.1. The molecule has 0 aliphatic rings. The summed E-state index contributed by atoms with van der Waals surface area (Å²) in [7, 11) is 2.85. The number of aromatic nitrogens is 2. The van der Waals surface area contributed by atoms with E-state index < -0.39 is 11.8 Å². The molecule has 0 saturated heterocycles. The smallest absolute Gasteiger partial charge is 0.354 e. The summed E-state index contributed by atoms with van der Waals surface area (Å²) >= 11 is 0. The third kappa shape index (κ3) is 5.24. The Morgan fingerprint density at radius 2 is 1.46 bits per heavy atom. The molecule has 1 amide bonds. The topological polar surface area (TPSA) is 65.7 Å². The van der Waals surface area contributed by atoms with Crippen LogP contribution in [0.3, 0.4) is 0 Å². The molecule has 0 aliphatic heterocycles. The number of methoxy groups -OCH3 is 2. The minimum absolute atomic E-state index is 0.186. The number of benzene rings is 3. The van der Waals surface area contributed by atoms with E-state index in [1.165, 1.54) is 48.4 Å².